The average molecular weight is 610 g/mol. The molecule has 0 bridgehead atoms. The van der Waals surface area contributed by atoms with Crippen molar-refractivity contribution in [2.24, 2.45) is 0 Å². The van der Waals surface area contributed by atoms with Crippen molar-refractivity contribution in [3.8, 4) is 0 Å². The van der Waals surface area contributed by atoms with Crippen molar-refractivity contribution in [2.75, 3.05) is 0 Å². The van der Waals surface area contributed by atoms with Gasteiger partial charge in [0.25, 0.3) is 0 Å². The summed E-state index contributed by atoms with van der Waals surface area (Å²) in [6.07, 6.45) is 6.71. The predicted molar refractivity (Wildman–Crippen MR) is 190 cm³/mol. The van der Waals surface area contributed by atoms with E-state index in [1.807, 2.05) is 0 Å². The van der Waals surface area contributed by atoms with E-state index in [1.165, 1.54) is 66.3 Å². The Labute approximate surface area is 278 Å². The second kappa shape index (κ2) is 13.1. The average Bonchev–Trinajstić information content (AvgIpc) is 3.55. The molecular weight excluding hydrogens is 569 g/mol. The molecule has 1 heterocycles. The summed E-state index contributed by atoms with van der Waals surface area (Å²) >= 11 is 0. The van der Waals surface area contributed by atoms with Crippen LogP contribution in [0.5, 0.6) is 0 Å². The fraction of sp³-hybridized carbons (Fsp3) is 0.133. The first-order valence-corrected chi connectivity index (χ1v) is 16.5. The Morgan fingerprint density at radius 1 is 0.447 bits per heavy atom. The number of hydrogen-bond acceptors (Lipinski definition) is 0. The third-order valence-electron chi connectivity index (χ3n) is 9.26. The summed E-state index contributed by atoms with van der Waals surface area (Å²) < 4.78 is 4.65. The molecule has 0 aliphatic carbocycles. The van der Waals surface area contributed by atoms with E-state index in [0.717, 1.165) is 0 Å². The molecule has 1 aromatic heterocycles. The van der Waals surface area contributed by atoms with Gasteiger partial charge in [0, 0.05) is 0 Å². The highest BCUT2D eigenvalue weighted by Crippen LogP contribution is 2.35. The van der Waals surface area contributed by atoms with E-state index < -0.39 is 0 Å². The number of hydrogen-bond donors (Lipinski definition) is 0. The zero-order chi connectivity index (χ0) is 32.3. The van der Waals surface area contributed by atoms with Crippen LogP contribution in [0.15, 0.2) is 164 Å². The van der Waals surface area contributed by atoms with Crippen LogP contribution >= 0.6 is 0 Å². The van der Waals surface area contributed by atoms with E-state index in [-0.39, 0.29) is 11.8 Å². The Balaban J connectivity index is 1.57. The summed E-state index contributed by atoms with van der Waals surface area (Å²) in [7, 11) is 0. The van der Waals surface area contributed by atoms with Crippen molar-refractivity contribution >= 4 is 0 Å². The Hall–Kier alpha value is -5.47. The molecule has 0 N–H and O–H groups in total. The molecule has 6 aromatic carbocycles. The lowest BCUT2D eigenvalue weighted by atomic mass is 9.83. The first kappa shape index (κ1) is 30.2. The zero-order valence-electron chi connectivity index (χ0n) is 27.6. The monoisotopic (exact) mass is 609 g/mol. The van der Waals surface area contributed by atoms with E-state index in [0.29, 0.717) is 0 Å². The molecule has 7 rings (SSSR count). The minimum absolute atomic E-state index is 0.0964. The molecule has 0 spiro atoms. The second-order valence-corrected chi connectivity index (χ2v) is 12.8. The van der Waals surface area contributed by atoms with Crippen LogP contribution < -0.4 is 8.49 Å². The lowest BCUT2D eigenvalue weighted by Crippen LogP contribution is -2.25. The maximum Gasteiger partial charge on any atom is 0.339 e. The highest BCUT2D eigenvalue weighted by molar-refractivity contribution is 5.47. The molecule has 0 atom stereocenters. The molecule has 0 amide bonds. The molecule has 47 heavy (non-hydrogen) atoms. The first-order valence-electron chi connectivity index (χ1n) is 16.5. The molecule has 0 aliphatic heterocycles. The van der Waals surface area contributed by atoms with E-state index in [1.54, 1.807) is 0 Å². The fourth-order valence-corrected chi connectivity index (χ4v) is 7.44. The van der Waals surface area contributed by atoms with Gasteiger partial charge in [-0.15, -0.1) is 22.3 Å². The maximum absolute atomic E-state index is 2.38. The minimum atomic E-state index is 0.0964. The smallest absolute Gasteiger partial charge is 0.231 e. The Bertz CT molecular complexity index is 2080. The number of nitrogens with zero attached hydrogens (tertiary/aromatic N) is 2. The SMILES string of the molecule is Cc1c[c-](C)cc(C(c2ccccc2)c2ccccc2)c1=[n+]1cc[n+](=c2c(C)c[c-](C)cc2C(c2ccccc2)c2ccccc2)[cH-]1. The van der Waals surface area contributed by atoms with Gasteiger partial charge in [0.15, 0.2) is 0 Å². The topological polar surface area (TPSA) is 11.8 Å². The zero-order valence-corrected chi connectivity index (χ0v) is 27.6. The van der Waals surface area contributed by atoms with Crippen LogP contribution in [0.2, 0.25) is 0 Å². The summed E-state index contributed by atoms with van der Waals surface area (Å²) in [6.45, 7) is 8.90. The third-order valence-corrected chi connectivity index (χ3v) is 9.26. The fourth-order valence-electron chi connectivity index (χ4n) is 7.44. The van der Waals surface area contributed by atoms with Gasteiger partial charge < -0.3 is 0 Å². The molecule has 0 saturated carbocycles. The largest absolute Gasteiger partial charge is 0.339 e. The van der Waals surface area contributed by atoms with Gasteiger partial charge in [-0.3, -0.25) is 0 Å². The van der Waals surface area contributed by atoms with E-state index in [9.17, 15) is 0 Å². The van der Waals surface area contributed by atoms with Gasteiger partial charge in [-0.25, -0.2) is 8.49 Å². The summed E-state index contributed by atoms with van der Waals surface area (Å²) in [6, 6.07) is 53.0. The second-order valence-electron chi connectivity index (χ2n) is 12.8. The minimum Gasteiger partial charge on any atom is -0.231 e. The molecule has 2 nitrogen and oxygen atoms in total. The molecule has 0 saturated heterocycles. The van der Waals surface area contributed by atoms with Crippen LogP contribution in [0.25, 0.3) is 0 Å². The summed E-state index contributed by atoms with van der Waals surface area (Å²) in [5, 5.41) is 2.45. The predicted octanol–water partition coefficient (Wildman–Crippen LogP) is 9.17. The van der Waals surface area contributed by atoms with Crippen molar-refractivity contribution in [3.05, 3.63) is 231 Å². The number of rotatable bonds is 6. The van der Waals surface area contributed by atoms with Crippen molar-refractivity contribution in [1.82, 2.24) is 0 Å². The quantitative estimate of drug-likeness (QED) is 0.101. The third kappa shape index (κ3) is 6.07. The van der Waals surface area contributed by atoms with Crippen molar-refractivity contribution in [3.63, 3.8) is 0 Å². The Morgan fingerprint density at radius 3 is 1.04 bits per heavy atom. The molecular formula is C45H41N2-. The molecule has 0 unspecified atom stereocenters. The first-order chi connectivity index (χ1) is 23.0. The van der Waals surface area contributed by atoms with Crippen molar-refractivity contribution in [1.29, 1.82) is 0 Å². The van der Waals surface area contributed by atoms with Crippen LogP contribution in [0.1, 0.15) is 67.5 Å². The van der Waals surface area contributed by atoms with Gasteiger partial charge in [-0.1, -0.05) is 149 Å². The van der Waals surface area contributed by atoms with Gasteiger partial charge in [-0.05, 0) is 34.1 Å². The number of benzene rings is 6. The van der Waals surface area contributed by atoms with E-state index in [2.05, 4.69) is 200 Å². The normalized spacial score (nSPS) is 12.9. The molecule has 232 valence electrons. The van der Waals surface area contributed by atoms with Gasteiger partial charge in [0.2, 0.25) is 0 Å². The lowest BCUT2D eigenvalue weighted by Gasteiger charge is -2.25. The summed E-state index contributed by atoms with van der Waals surface area (Å²) in [4.78, 5) is 0. The standard InChI is InChI=1S/C45H41N2/c1-32-27-34(3)44(40(29-32)42(36-17-9-5-10-18-36)37-19-11-6-12-20-37)46-25-26-47(31-46)45-35(4)28-33(2)30-41(45)43(38-21-13-7-14-22-38)39-23-15-8-16-24-39/h5-31,42-43H,1-4H3/q-1. The van der Waals surface area contributed by atoms with Crippen LogP contribution in [0.3, 0.4) is 0 Å². The number of aryl methyl sites for hydroxylation is 4. The van der Waals surface area contributed by atoms with Gasteiger partial charge in [0.1, 0.15) is 12.4 Å². The van der Waals surface area contributed by atoms with Crippen LogP contribution in [-0.4, -0.2) is 0 Å². The summed E-state index contributed by atoms with van der Waals surface area (Å²) in [5.41, 5.74) is 12.8. The van der Waals surface area contributed by atoms with Crippen LogP contribution in [0, 0.1) is 38.4 Å². The Kier molecular flexibility index (Phi) is 8.42. The Morgan fingerprint density at radius 2 is 0.745 bits per heavy atom. The molecule has 7 aromatic rings. The van der Waals surface area contributed by atoms with Gasteiger partial charge in [-0.2, -0.15) is 35.4 Å². The highest BCUT2D eigenvalue weighted by atomic mass is 15.0. The van der Waals surface area contributed by atoms with Crippen LogP contribution in [-0.2, 0) is 0 Å². The van der Waals surface area contributed by atoms with Crippen molar-refractivity contribution < 1.29 is 8.49 Å². The maximum atomic E-state index is 2.38. The van der Waals surface area contributed by atoms with Gasteiger partial charge >= 0.3 is 6.33 Å². The molecule has 2 heteroatoms. The molecule has 0 radical (unpaired) electrons. The molecule has 0 aliphatic rings. The van der Waals surface area contributed by atoms with Gasteiger partial charge in [0.05, 0.1) is 10.7 Å². The number of imidazole rings is 1. The summed E-state index contributed by atoms with van der Waals surface area (Å²) in [5.74, 6) is 0.193. The van der Waals surface area contributed by atoms with Crippen molar-refractivity contribution in [2.45, 2.75) is 39.5 Å². The van der Waals surface area contributed by atoms with E-state index in [4.69, 9.17) is 0 Å². The molecule has 0 fully saturated rings. The number of aromatic nitrogens is 2. The lowest BCUT2D eigenvalue weighted by molar-refractivity contribution is -0.618. The van der Waals surface area contributed by atoms with Crippen LogP contribution in [0.4, 0.5) is 0 Å². The van der Waals surface area contributed by atoms with E-state index >= 15 is 0 Å². The highest BCUT2D eigenvalue weighted by Gasteiger charge is 2.18.